The highest BCUT2D eigenvalue weighted by Gasteiger charge is 2.18. The Morgan fingerprint density at radius 3 is 2.86 bits per heavy atom. The van der Waals surface area contributed by atoms with Crippen LogP contribution in [0.3, 0.4) is 0 Å². The number of ether oxygens (including phenoxy) is 2. The molecule has 0 spiro atoms. The molecule has 1 unspecified atom stereocenters. The first-order chi connectivity index (χ1) is 6.83. The van der Waals surface area contributed by atoms with Crippen LogP contribution in [-0.2, 0) is 9.47 Å². The molecule has 0 saturated carbocycles. The van der Waals surface area contributed by atoms with Crippen LogP contribution in [0, 0.1) is 0 Å². The highest BCUT2D eigenvalue weighted by molar-refractivity contribution is 4.58. The van der Waals surface area contributed by atoms with E-state index in [9.17, 15) is 0 Å². The maximum Gasteiger partial charge on any atom is 0.158 e. The molecule has 0 amide bonds. The van der Waals surface area contributed by atoms with Crippen LogP contribution in [-0.4, -0.2) is 19.0 Å². The average molecular weight is 200 g/mol. The molecule has 0 N–H and O–H groups in total. The van der Waals surface area contributed by atoms with E-state index < -0.39 is 0 Å². The van der Waals surface area contributed by atoms with Gasteiger partial charge in [-0.1, -0.05) is 32.6 Å². The molecule has 14 heavy (non-hydrogen) atoms. The van der Waals surface area contributed by atoms with E-state index in [4.69, 9.17) is 9.47 Å². The molecule has 1 fully saturated rings. The Kier molecular flexibility index (Phi) is 6.20. The average Bonchev–Trinajstić information content (AvgIpc) is 2.65. The molecule has 1 aliphatic heterocycles. The second kappa shape index (κ2) is 7.24. The zero-order chi connectivity index (χ0) is 10.2. The first-order valence-electron chi connectivity index (χ1n) is 6.10. The fourth-order valence-corrected chi connectivity index (χ4v) is 1.84. The molecule has 84 valence electrons. The van der Waals surface area contributed by atoms with Gasteiger partial charge in [-0.05, 0) is 19.8 Å². The summed E-state index contributed by atoms with van der Waals surface area (Å²) in [6.45, 7) is 5.28. The van der Waals surface area contributed by atoms with Crippen LogP contribution in [0.15, 0.2) is 0 Å². The molecule has 1 rings (SSSR count). The van der Waals surface area contributed by atoms with Crippen molar-refractivity contribution < 1.29 is 9.47 Å². The second-order valence-corrected chi connectivity index (χ2v) is 4.24. The third-order valence-corrected chi connectivity index (χ3v) is 2.74. The Morgan fingerprint density at radius 2 is 2.21 bits per heavy atom. The van der Waals surface area contributed by atoms with Crippen LogP contribution in [0.5, 0.6) is 0 Å². The van der Waals surface area contributed by atoms with E-state index in [-0.39, 0.29) is 6.29 Å². The van der Waals surface area contributed by atoms with Crippen molar-refractivity contribution in [2.75, 3.05) is 6.61 Å². The van der Waals surface area contributed by atoms with Crippen molar-refractivity contribution in [3.63, 3.8) is 0 Å². The SMILES string of the molecule is CCCCCC[C@H](C)OC1CCCO1. The summed E-state index contributed by atoms with van der Waals surface area (Å²) < 4.78 is 11.2. The van der Waals surface area contributed by atoms with Gasteiger partial charge in [0.2, 0.25) is 0 Å². The predicted octanol–water partition coefficient (Wildman–Crippen LogP) is 3.50. The van der Waals surface area contributed by atoms with E-state index >= 15 is 0 Å². The lowest BCUT2D eigenvalue weighted by atomic mass is 10.1. The Labute approximate surface area is 88.0 Å². The van der Waals surface area contributed by atoms with Gasteiger partial charge in [0, 0.05) is 13.0 Å². The summed E-state index contributed by atoms with van der Waals surface area (Å²) in [7, 11) is 0. The van der Waals surface area contributed by atoms with Crippen LogP contribution in [0.2, 0.25) is 0 Å². The maximum absolute atomic E-state index is 5.77. The fraction of sp³-hybridized carbons (Fsp3) is 1.00. The third-order valence-electron chi connectivity index (χ3n) is 2.74. The molecule has 2 atom stereocenters. The van der Waals surface area contributed by atoms with Gasteiger partial charge < -0.3 is 9.47 Å². The van der Waals surface area contributed by atoms with E-state index in [2.05, 4.69) is 13.8 Å². The fourth-order valence-electron chi connectivity index (χ4n) is 1.84. The monoisotopic (exact) mass is 200 g/mol. The number of rotatable bonds is 7. The van der Waals surface area contributed by atoms with Gasteiger partial charge in [0.15, 0.2) is 6.29 Å². The zero-order valence-corrected chi connectivity index (χ0v) is 9.63. The summed E-state index contributed by atoms with van der Waals surface area (Å²) in [5.74, 6) is 0. The first kappa shape index (κ1) is 12.0. The summed E-state index contributed by atoms with van der Waals surface area (Å²) in [5, 5.41) is 0. The highest BCUT2D eigenvalue weighted by Crippen LogP contribution is 2.17. The molecule has 1 heterocycles. The van der Waals surface area contributed by atoms with Crippen LogP contribution in [0.1, 0.15) is 58.8 Å². The van der Waals surface area contributed by atoms with Gasteiger partial charge in [0.05, 0.1) is 6.10 Å². The number of hydrogen-bond acceptors (Lipinski definition) is 2. The summed E-state index contributed by atoms with van der Waals surface area (Å²) in [6, 6.07) is 0. The molecular weight excluding hydrogens is 176 g/mol. The molecule has 2 heteroatoms. The lowest BCUT2D eigenvalue weighted by Gasteiger charge is -2.17. The highest BCUT2D eigenvalue weighted by atomic mass is 16.7. The summed E-state index contributed by atoms with van der Waals surface area (Å²) in [4.78, 5) is 0. The minimum Gasteiger partial charge on any atom is -0.353 e. The largest absolute Gasteiger partial charge is 0.353 e. The summed E-state index contributed by atoms with van der Waals surface area (Å²) in [6.07, 6.45) is 9.18. The van der Waals surface area contributed by atoms with E-state index in [0.29, 0.717) is 6.10 Å². The molecule has 0 aromatic rings. The van der Waals surface area contributed by atoms with E-state index in [1.54, 1.807) is 0 Å². The molecule has 1 saturated heterocycles. The van der Waals surface area contributed by atoms with Gasteiger partial charge in [0.1, 0.15) is 0 Å². The van der Waals surface area contributed by atoms with Crippen molar-refractivity contribution in [1.29, 1.82) is 0 Å². The third kappa shape index (κ3) is 4.97. The Morgan fingerprint density at radius 1 is 1.36 bits per heavy atom. The lowest BCUT2D eigenvalue weighted by molar-refractivity contribution is -0.140. The molecule has 0 aromatic heterocycles. The molecule has 0 radical (unpaired) electrons. The van der Waals surface area contributed by atoms with Gasteiger partial charge in [-0.15, -0.1) is 0 Å². The predicted molar refractivity (Wildman–Crippen MR) is 58.3 cm³/mol. The van der Waals surface area contributed by atoms with Crippen LogP contribution < -0.4 is 0 Å². The van der Waals surface area contributed by atoms with E-state index in [0.717, 1.165) is 19.4 Å². The normalized spacial score (nSPS) is 24.0. The standard InChI is InChI=1S/C12H24O2/c1-3-4-5-6-8-11(2)14-12-9-7-10-13-12/h11-12H,3-10H2,1-2H3/t11-,12?/m0/s1. The van der Waals surface area contributed by atoms with Crippen molar-refractivity contribution >= 4 is 0 Å². The van der Waals surface area contributed by atoms with Gasteiger partial charge >= 0.3 is 0 Å². The van der Waals surface area contributed by atoms with Crippen molar-refractivity contribution in [2.45, 2.75) is 71.2 Å². The minimum absolute atomic E-state index is 0.0937. The second-order valence-electron chi connectivity index (χ2n) is 4.24. The number of unbranched alkanes of at least 4 members (excludes halogenated alkanes) is 3. The molecule has 0 bridgehead atoms. The molecule has 0 aromatic carbocycles. The molecule has 1 aliphatic rings. The molecule has 2 nitrogen and oxygen atoms in total. The van der Waals surface area contributed by atoms with Crippen LogP contribution in [0.25, 0.3) is 0 Å². The van der Waals surface area contributed by atoms with Crippen molar-refractivity contribution in [3.05, 3.63) is 0 Å². The van der Waals surface area contributed by atoms with Gasteiger partial charge in [-0.2, -0.15) is 0 Å². The van der Waals surface area contributed by atoms with Gasteiger partial charge in [-0.25, -0.2) is 0 Å². The van der Waals surface area contributed by atoms with Crippen molar-refractivity contribution in [2.24, 2.45) is 0 Å². The lowest BCUT2D eigenvalue weighted by Crippen LogP contribution is -2.18. The summed E-state index contributed by atoms with van der Waals surface area (Å²) >= 11 is 0. The molecule has 0 aliphatic carbocycles. The summed E-state index contributed by atoms with van der Waals surface area (Å²) in [5.41, 5.74) is 0. The van der Waals surface area contributed by atoms with Gasteiger partial charge in [-0.3, -0.25) is 0 Å². The van der Waals surface area contributed by atoms with E-state index in [1.165, 1.54) is 32.1 Å². The van der Waals surface area contributed by atoms with Crippen LogP contribution >= 0.6 is 0 Å². The topological polar surface area (TPSA) is 18.5 Å². The van der Waals surface area contributed by atoms with Crippen molar-refractivity contribution in [3.8, 4) is 0 Å². The Balaban J connectivity index is 1.95. The molecular formula is C12H24O2. The quantitative estimate of drug-likeness (QED) is 0.586. The Hall–Kier alpha value is -0.0800. The maximum atomic E-state index is 5.77. The van der Waals surface area contributed by atoms with E-state index in [1.807, 2.05) is 0 Å². The first-order valence-corrected chi connectivity index (χ1v) is 6.10. The minimum atomic E-state index is 0.0937. The zero-order valence-electron chi connectivity index (χ0n) is 9.63. The van der Waals surface area contributed by atoms with Crippen LogP contribution in [0.4, 0.5) is 0 Å². The smallest absolute Gasteiger partial charge is 0.158 e. The van der Waals surface area contributed by atoms with Gasteiger partial charge in [0.25, 0.3) is 0 Å². The number of hydrogen-bond donors (Lipinski definition) is 0. The van der Waals surface area contributed by atoms with Crippen molar-refractivity contribution in [1.82, 2.24) is 0 Å². The Bertz CT molecular complexity index is 130.